The van der Waals surface area contributed by atoms with Crippen molar-refractivity contribution in [2.24, 2.45) is 7.05 Å². The summed E-state index contributed by atoms with van der Waals surface area (Å²) in [7, 11) is 1.62. The number of benzene rings is 2. The summed E-state index contributed by atoms with van der Waals surface area (Å²) >= 11 is 0. The Morgan fingerprint density at radius 1 is 1.22 bits per heavy atom. The molecule has 3 heterocycles. The number of anilines is 1. The molecule has 37 heavy (non-hydrogen) atoms. The number of halogens is 1. The minimum atomic E-state index is -0.547. The van der Waals surface area contributed by atoms with Crippen LogP contribution in [0.4, 0.5) is 10.4 Å². The number of nitrogens with one attached hydrogen (secondary N) is 2. The molecule has 5 rings (SSSR count). The Morgan fingerprint density at radius 3 is 2.70 bits per heavy atom. The molecule has 12 heteroatoms. The minimum Gasteiger partial charge on any atom is -0.482 e. The molecule has 1 amide bonds. The van der Waals surface area contributed by atoms with Gasteiger partial charge in [-0.25, -0.2) is 14.2 Å². The van der Waals surface area contributed by atoms with E-state index in [0.717, 1.165) is 5.56 Å². The van der Waals surface area contributed by atoms with Crippen molar-refractivity contribution in [3.63, 3.8) is 0 Å². The van der Waals surface area contributed by atoms with Gasteiger partial charge < -0.3 is 9.15 Å². The molecule has 0 unspecified atom stereocenters. The van der Waals surface area contributed by atoms with Crippen LogP contribution in [-0.4, -0.2) is 35.2 Å². The lowest BCUT2D eigenvalue weighted by atomic mass is 9.99. The number of hydrogen-bond donors (Lipinski definition) is 2. The van der Waals surface area contributed by atoms with Gasteiger partial charge in [-0.15, -0.1) is 0 Å². The predicted molar refractivity (Wildman–Crippen MR) is 133 cm³/mol. The monoisotopic (exact) mass is 505 g/mol. The van der Waals surface area contributed by atoms with Gasteiger partial charge in [-0.05, 0) is 61.7 Å². The molecule has 0 atom stereocenters. The fourth-order valence-electron chi connectivity index (χ4n) is 4.29. The van der Waals surface area contributed by atoms with Crippen LogP contribution < -0.4 is 15.7 Å². The lowest BCUT2D eigenvalue weighted by Crippen LogP contribution is -2.28. The van der Waals surface area contributed by atoms with E-state index in [-0.39, 0.29) is 30.6 Å². The van der Waals surface area contributed by atoms with Crippen molar-refractivity contribution in [3.8, 4) is 16.9 Å². The van der Waals surface area contributed by atoms with Crippen molar-refractivity contribution in [1.29, 1.82) is 0 Å². The van der Waals surface area contributed by atoms with Gasteiger partial charge in [0.15, 0.2) is 17.4 Å². The van der Waals surface area contributed by atoms with Gasteiger partial charge >= 0.3 is 11.7 Å². The highest BCUT2D eigenvalue weighted by Crippen LogP contribution is 2.34. The maximum Gasteiger partial charge on any atom is 0.329 e. The molecule has 5 aromatic rings. The third kappa shape index (κ3) is 4.60. The highest BCUT2D eigenvalue weighted by molar-refractivity contribution is 5.95. The molecule has 0 saturated heterocycles. The van der Waals surface area contributed by atoms with E-state index in [0.29, 0.717) is 39.2 Å². The van der Waals surface area contributed by atoms with E-state index in [2.05, 4.69) is 25.5 Å². The molecule has 0 aliphatic carbocycles. The van der Waals surface area contributed by atoms with Crippen LogP contribution >= 0.6 is 0 Å². The van der Waals surface area contributed by atoms with Crippen LogP contribution in [0.25, 0.3) is 22.2 Å². The van der Waals surface area contributed by atoms with Crippen molar-refractivity contribution in [2.45, 2.75) is 33.9 Å². The molecule has 0 saturated carbocycles. The Morgan fingerprint density at radius 2 is 2.03 bits per heavy atom. The maximum absolute atomic E-state index is 15.2. The molecule has 0 spiro atoms. The zero-order valence-electron chi connectivity index (χ0n) is 20.6. The number of fused-ring (bicyclic) bond motifs is 1. The summed E-state index contributed by atoms with van der Waals surface area (Å²) in [6.07, 6.45) is 2.77. The number of H-pyrrole nitrogens is 1. The number of carbonyl (C=O) groups is 1. The largest absolute Gasteiger partial charge is 0.482 e. The van der Waals surface area contributed by atoms with E-state index in [1.54, 1.807) is 27.0 Å². The smallest absolute Gasteiger partial charge is 0.329 e. The fraction of sp³-hybridized carbons (Fsp3) is 0.240. The van der Waals surface area contributed by atoms with Gasteiger partial charge in [-0.2, -0.15) is 10.1 Å². The number of aryl methyl sites for hydroxylation is 4. The number of hydrogen-bond acceptors (Lipinski definition) is 7. The van der Waals surface area contributed by atoms with Gasteiger partial charge in [0, 0.05) is 12.6 Å². The molecule has 0 radical (unpaired) electrons. The molecule has 2 aromatic carbocycles. The van der Waals surface area contributed by atoms with Crippen LogP contribution in [-0.2, 0) is 25.0 Å². The van der Waals surface area contributed by atoms with Crippen molar-refractivity contribution in [3.05, 3.63) is 75.8 Å². The topological polar surface area (TPSA) is 133 Å². The van der Waals surface area contributed by atoms with Gasteiger partial charge in [0.1, 0.15) is 25.7 Å². The SMILES string of the molecule is Cc1cc(-c2cc(C)c(OCc3ncn[nH]3)c(F)c2)c2c(c1)n(CC(=O)Nc1nc(C)co1)c(=O)n2C. The molecular formula is C25H24FN7O4. The van der Waals surface area contributed by atoms with Gasteiger partial charge in [0.2, 0.25) is 5.91 Å². The van der Waals surface area contributed by atoms with Crippen LogP contribution in [0, 0.1) is 26.6 Å². The third-order valence-electron chi connectivity index (χ3n) is 5.90. The molecule has 190 valence electrons. The summed E-state index contributed by atoms with van der Waals surface area (Å²) in [6.45, 7) is 5.14. The van der Waals surface area contributed by atoms with Crippen LogP contribution in [0.2, 0.25) is 0 Å². The zero-order valence-corrected chi connectivity index (χ0v) is 20.6. The lowest BCUT2D eigenvalue weighted by molar-refractivity contribution is -0.116. The molecule has 2 N–H and O–H groups in total. The van der Waals surface area contributed by atoms with Crippen molar-refractivity contribution < 1.29 is 18.3 Å². The average molecular weight is 506 g/mol. The molecule has 0 aliphatic heterocycles. The van der Waals surface area contributed by atoms with Gasteiger partial charge in [-0.3, -0.25) is 24.3 Å². The second-order valence-electron chi connectivity index (χ2n) is 8.78. The standard InChI is InChI=1S/C25H24FN7O4/c1-13-5-17(16-7-14(2)23(18(26)8-16)36-11-20-27-12-28-31-20)22-19(6-13)33(25(35)32(22)4)9-21(34)30-24-29-15(3)10-37-24/h5-8,10,12H,9,11H2,1-4H3,(H,27,28,31)(H,29,30,34). The van der Waals surface area contributed by atoms with E-state index in [9.17, 15) is 9.59 Å². The Hall–Kier alpha value is -4.74. The Bertz CT molecular complexity index is 1660. The Kier molecular flexibility index (Phi) is 6.07. The summed E-state index contributed by atoms with van der Waals surface area (Å²) < 4.78 is 28.8. The molecule has 3 aromatic heterocycles. The van der Waals surface area contributed by atoms with E-state index in [1.165, 1.54) is 27.8 Å². The first-order valence-corrected chi connectivity index (χ1v) is 11.4. The van der Waals surface area contributed by atoms with Crippen molar-refractivity contribution in [1.82, 2.24) is 29.3 Å². The summed E-state index contributed by atoms with van der Waals surface area (Å²) in [4.78, 5) is 33.8. The molecule has 11 nitrogen and oxygen atoms in total. The second-order valence-corrected chi connectivity index (χ2v) is 8.78. The molecule has 0 aliphatic rings. The average Bonchev–Trinajstić information content (AvgIpc) is 3.56. The van der Waals surface area contributed by atoms with Gasteiger partial charge in [-0.1, -0.05) is 0 Å². The summed E-state index contributed by atoms with van der Waals surface area (Å²) in [6, 6.07) is 6.93. The first kappa shape index (κ1) is 24.0. The molecule has 0 fully saturated rings. The minimum absolute atomic E-state index is 0.0400. The van der Waals surface area contributed by atoms with Gasteiger partial charge in [0.05, 0.1) is 16.7 Å². The summed E-state index contributed by atoms with van der Waals surface area (Å²) in [5, 5.41) is 8.98. The number of oxazole rings is 1. The number of nitrogens with zero attached hydrogens (tertiary/aromatic N) is 5. The summed E-state index contributed by atoms with van der Waals surface area (Å²) in [5.74, 6) is -0.431. The number of rotatable bonds is 7. The third-order valence-corrected chi connectivity index (χ3v) is 5.90. The van der Waals surface area contributed by atoms with Crippen LogP contribution in [0.15, 0.2) is 46.1 Å². The first-order chi connectivity index (χ1) is 17.7. The van der Waals surface area contributed by atoms with Crippen molar-refractivity contribution >= 4 is 23.0 Å². The number of aromatic amines is 1. The number of imidazole rings is 1. The quantitative estimate of drug-likeness (QED) is 0.346. The van der Waals surface area contributed by atoms with Crippen LogP contribution in [0.5, 0.6) is 5.75 Å². The van der Waals surface area contributed by atoms with E-state index in [4.69, 9.17) is 9.15 Å². The number of ether oxygens (including phenoxy) is 1. The summed E-state index contributed by atoms with van der Waals surface area (Å²) in [5.41, 5.74) is 4.00. The Balaban J connectivity index is 1.52. The van der Waals surface area contributed by atoms with Crippen LogP contribution in [0.3, 0.4) is 0 Å². The van der Waals surface area contributed by atoms with E-state index >= 15 is 4.39 Å². The zero-order chi connectivity index (χ0) is 26.3. The first-order valence-electron chi connectivity index (χ1n) is 11.4. The van der Waals surface area contributed by atoms with Crippen LogP contribution in [0.1, 0.15) is 22.6 Å². The lowest BCUT2D eigenvalue weighted by Gasteiger charge is -2.13. The molecule has 0 bridgehead atoms. The second kappa shape index (κ2) is 9.37. The van der Waals surface area contributed by atoms with Crippen molar-refractivity contribution in [2.75, 3.05) is 5.32 Å². The molecular weight excluding hydrogens is 481 g/mol. The number of aromatic nitrogens is 6. The highest BCUT2D eigenvalue weighted by Gasteiger charge is 2.20. The van der Waals surface area contributed by atoms with E-state index in [1.807, 2.05) is 19.1 Å². The normalized spacial score (nSPS) is 11.3. The van der Waals surface area contributed by atoms with Gasteiger partial charge in [0.25, 0.3) is 0 Å². The predicted octanol–water partition coefficient (Wildman–Crippen LogP) is 3.40. The highest BCUT2D eigenvalue weighted by atomic mass is 19.1. The number of carbonyl (C=O) groups excluding carboxylic acids is 1. The fourth-order valence-corrected chi connectivity index (χ4v) is 4.29. The van der Waals surface area contributed by atoms with E-state index < -0.39 is 11.7 Å². The maximum atomic E-state index is 15.2. The number of amides is 1. The Labute approximate surface area is 209 Å².